The van der Waals surface area contributed by atoms with Crippen molar-refractivity contribution in [3.8, 4) is 28.7 Å². The number of carbonyl (C=O) groups is 1. The molecule has 4 saturated carbocycles. The molecule has 0 atom stereocenters. The van der Waals surface area contributed by atoms with Gasteiger partial charge in [-0.3, -0.25) is 4.79 Å². The van der Waals surface area contributed by atoms with Crippen molar-refractivity contribution in [1.82, 2.24) is 10.2 Å². The second-order valence-electron chi connectivity index (χ2n) is 9.88. The first kappa shape index (κ1) is 23.5. The van der Waals surface area contributed by atoms with Crippen LogP contribution in [0.4, 0.5) is 0 Å². The minimum absolute atomic E-state index is 0.0987. The van der Waals surface area contributed by atoms with E-state index in [1.54, 1.807) is 0 Å². The molecule has 184 valence electrons. The van der Waals surface area contributed by atoms with Crippen molar-refractivity contribution in [2.24, 2.45) is 23.2 Å². The topological polar surface area (TPSA) is 83.7 Å². The van der Waals surface area contributed by atoms with Crippen LogP contribution >= 0.6 is 11.8 Å². The molecule has 0 saturated heterocycles. The lowest BCUT2D eigenvalue weighted by atomic mass is 9.48. The van der Waals surface area contributed by atoms with Gasteiger partial charge in [0.1, 0.15) is 5.78 Å². The molecule has 6 rings (SSSR count). The molecule has 0 amide bonds. The normalized spacial score (nSPS) is 27.1. The third kappa shape index (κ3) is 4.53. The first-order chi connectivity index (χ1) is 16.5. The van der Waals surface area contributed by atoms with E-state index in [0.29, 0.717) is 65.3 Å². The first-order valence-electron chi connectivity index (χ1n) is 12.6. The summed E-state index contributed by atoms with van der Waals surface area (Å²) < 4.78 is 23.3. The van der Waals surface area contributed by atoms with Gasteiger partial charge < -0.3 is 18.6 Å². The molecule has 34 heavy (non-hydrogen) atoms. The largest absolute Gasteiger partial charge is 0.490 e. The van der Waals surface area contributed by atoms with Crippen molar-refractivity contribution < 1.29 is 23.4 Å². The van der Waals surface area contributed by atoms with E-state index in [9.17, 15) is 4.79 Å². The van der Waals surface area contributed by atoms with Gasteiger partial charge in [-0.05, 0) is 89.2 Å². The summed E-state index contributed by atoms with van der Waals surface area (Å²) in [6, 6.07) is 3.67. The van der Waals surface area contributed by atoms with E-state index in [2.05, 4.69) is 10.2 Å². The van der Waals surface area contributed by atoms with Crippen LogP contribution in [0.3, 0.4) is 0 Å². The van der Waals surface area contributed by atoms with Gasteiger partial charge >= 0.3 is 0 Å². The Kier molecular flexibility index (Phi) is 6.78. The Morgan fingerprint density at radius 3 is 2.03 bits per heavy atom. The van der Waals surface area contributed by atoms with Gasteiger partial charge in [-0.25, -0.2) is 0 Å². The fraction of sp³-hybridized carbons (Fsp3) is 0.654. The molecule has 4 aliphatic carbocycles. The minimum Gasteiger partial charge on any atom is -0.490 e. The van der Waals surface area contributed by atoms with Crippen molar-refractivity contribution in [2.75, 3.05) is 25.6 Å². The molecule has 7 nitrogen and oxygen atoms in total. The summed E-state index contributed by atoms with van der Waals surface area (Å²) >= 11 is 1.36. The molecule has 1 aromatic heterocycles. The fourth-order valence-electron chi connectivity index (χ4n) is 6.63. The zero-order valence-electron chi connectivity index (χ0n) is 20.3. The van der Waals surface area contributed by atoms with Gasteiger partial charge in [-0.2, -0.15) is 0 Å². The Labute approximate surface area is 205 Å². The average molecular weight is 487 g/mol. The van der Waals surface area contributed by atoms with E-state index in [4.69, 9.17) is 18.6 Å². The second kappa shape index (κ2) is 9.80. The van der Waals surface area contributed by atoms with Gasteiger partial charge in [-0.15, -0.1) is 10.2 Å². The van der Waals surface area contributed by atoms with Crippen LogP contribution in [0, 0.1) is 23.2 Å². The van der Waals surface area contributed by atoms with Crippen LogP contribution in [0.5, 0.6) is 17.2 Å². The number of aromatic nitrogens is 2. The fourth-order valence-corrected chi connectivity index (χ4v) is 7.43. The lowest BCUT2D eigenvalue weighted by molar-refractivity contribution is -0.141. The quantitative estimate of drug-likeness (QED) is 0.368. The van der Waals surface area contributed by atoms with Crippen LogP contribution in [0.15, 0.2) is 21.8 Å². The molecule has 0 spiro atoms. The molecule has 0 N–H and O–H groups in total. The summed E-state index contributed by atoms with van der Waals surface area (Å²) in [6.07, 6.45) is 7.26. The van der Waals surface area contributed by atoms with Gasteiger partial charge in [0.25, 0.3) is 5.22 Å². The van der Waals surface area contributed by atoms with Crippen molar-refractivity contribution >= 4 is 17.5 Å². The number of ether oxygens (including phenoxy) is 3. The highest BCUT2D eigenvalue weighted by molar-refractivity contribution is 7.99. The molecular weight excluding hydrogens is 452 g/mol. The first-order valence-corrected chi connectivity index (χ1v) is 13.6. The Bertz CT molecular complexity index is 974. The number of ketones is 1. The summed E-state index contributed by atoms with van der Waals surface area (Å²) in [6.45, 7) is 7.25. The average Bonchev–Trinajstić information content (AvgIpc) is 3.28. The Morgan fingerprint density at radius 2 is 1.50 bits per heavy atom. The summed E-state index contributed by atoms with van der Waals surface area (Å²) in [7, 11) is 0. The maximum Gasteiger partial charge on any atom is 0.277 e. The van der Waals surface area contributed by atoms with Gasteiger partial charge in [0.15, 0.2) is 11.5 Å². The van der Waals surface area contributed by atoms with Crippen LogP contribution in [0.1, 0.15) is 59.3 Å². The van der Waals surface area contributed by atoms with E-state index in [1.807, 2.05) is 32.9 Å². The molecule has 1 aromatic carbocycles. The predicted molar refractivity (Wildman–Crippen MR) is 130 cm³/mol. The maximum absolute atomic E-state index is 13.3. The van der Waals surface area contributed by atoms with E-state index in [0.717, 1.165) is 37.0 Å². The van der Waals surface area contributed by atoms with Crippen LogP contribution in [0.2, 0.25) is 0 Å². The molecule has 2 aromatic rings. The molecule has 8 heteroatoms. The third-order valence-corrected chi connectivity index (χ3v) is 8.34. The molecule has 0 radical (unpaired) electrons. The SMILES string of the molecule is CCOc1cc(-c2nnc(SCC(=O)C34CC5CC(CC(C5)C3)C4)o2)cc(OCC)c1OCC. The number of nitrogens with zero attached hydrogens (tertiary/aromatic N) is 2. The van der Waals surface area contributed by atoms with Crippen molar-refractivity contribution in [3.63, 3.8) is 0 Å². The van der Waals surface area contributed by atoms with E-state index in [1.165, 1.54) is 31.0 Å². The maximum atomic E-state index is 13.3. The van der Waals surface area contributed by atoms with Gasteiger partial charge in [0.05, 0.1) is 25.6 Å². The molecule has 0 unspecified atom stereocenters. The molecule has 1 heterocycles. The van der Waals surface area contributed by atoms with Crippen molar-refractivity contribution in [1.29, 1.82) is 0 Å². The smallest absolute Gasteiger partial charge is 0.277 e. The summed E-state index contributed by atoms with van der Waals surface area (Å²) in [5.41, 5.74) is 0.598. The van der Waals surface area contributed by atoms with Gasteiger partial charge in [0, 0.05) is 11.0 Å². The number of Topliss-reactive ketones (excluding diaryl/α,β-unsaturated/α-hetero) is 1. The summed E-state index contributed by atoms with van der Waals surface area (Å²) in [5, 5.41) is 8.85. The Morgan fingerprint density at radius 1 is 0.941 bits per heavy atom. The number of hydrogen-bond acceptors (Lipinski definition) is 8. The highest BCUT2D eigenvalue weighted by Crippen LogP contribution is 2.60. The van der Waals surface area contributed by atoms with Gasteiger partial charge in [-0.1, -0.05) is 11.8 Å². The van der Waals surface area contributed by atoms with Crippen LogP contribution in [-0.2, 0) is 4.79 Å². The van der Waals surface area contributed by atoms with Gasteiger partial charge in [0.2, 0.25) is 11.6 Å². The van der Waals surface area contributed by atoms with Crippen molar-refractivity contribution in [2.45, 2.75) is 64.5 Å². The predicted octanol–water partition coefficient (Wildman–Crippen LogP) is 5.81. The summed E-state index contributed by atoms with van der Waals surface area (Å²) in [4.78, 5) is 13.3. The van der Waals surface area contributed by atoms with E-state index >= 15 is 0 Å². The molecular formula is C26H34N2O5S. The highest BCUT2D eigenvalue weighted by Gasteiger charge is 2.54. The van der Waals surface area contributed by atoms with E-state index < -0.39 is 0 Å². The monoisotopic (exact) mass is 486 g/mol. The van der Waals surface area contributed by atoms with Crippen LogP contribution in [-0.4, -0.2) is 41.6 Å². The standard InChI is InChI=1S/C26H34N2O5S/c1-4-30-20-10-19(11-21(31-5-2)23(20)32-6-3)24-27-28-25(33-24)34-15-22(29)26-12-16-7-17(13-26)9-18(8-16)14-26/h10-11,16-18H,4-9,12-15H2,1-3H3. The number of carbonyl (C=O) groups excluding carboxylic acids is 1. The molecule has 0 aliphatic heterocycles. The van der Waals surface area contributed by atoms with Crippen LogP contribution in [0.25, 0.3) is 11.5 Å². The number of hydrogen-bond donors (Lipinski definition) is 0. The Hall–Kier alpha value is -2.22. The molecule has 4 fully saturated rings. The second-order valence-corrected chi connectivity index (χ2v) is 10.8. The third-order valence-electron chi connectivity index (χ3n) is 7.52. The lowest BCUT2D eigenvalue weighted by Gasteiger charge is -2.55. The summed E-state index contributed by atoms with van der Waals surface area (Å²) in [5.74, 6) is 5.14. The minimum atomic E-state index is -0.0987. The molecule has 4 aliphatic rings. The number of benzene rings is 1. The van der Waals surface area contributed by atoms with E-state index in [-0.39, 0.29) is 5.41 Å². The Balaban J connectivity index is 1.30. The number of rotatable bonds is 11. The molecule has 4 bridgehead atoms. The van der Waals surface area contributed by atoms with Crippen molar-refractivity contribution in [3.05, 3.63) is 12.1 Å². The zero-order valence-corrected chi connectivity index (χ0v) is 21.1. The number of thioether (sulfide) groups is 1. The lowest BCUT2D eigenvalue weighted by Crippen LogP contribution is -2.50. The zero-order chi connectivity index (χ0) is 23.7. The van der Waals surface area contributed by atoms with Crippen LogP contribution < -0.4 is 14.2 Å². The highest BCUT2D eigenvalue weighted by atomic mass is 32.2.